The van der Waals surface area contributed by atoms with Gasteiger partial charge in [-0.2, -0.15) is 11.8 Å². The summed E-state index contributed by atoms with van der Waals surface area (Å²) in [6, 6.07) is 6.27. The molecule has 0 aromatic heterocycles. The number of hydrogen-bond donors (Lipinski definition) is 0. The summed E-state index contributed by atoms with van der Waals surface area (Å²) in [5.74, 6) is 0.668. The molecule has 2 aliphatic heterocycles. The maximum Gasteiger partial charge on any atom is 0.166 e. The minimum atomic E-state index is 0.276. The number of thioether (sulfide) groups is 1. The van der Waals surface area contributed by atoms with Crippen molar-refractivity contribution < 1.29 is 4.79 Å². The van der Waals surface area contributed by atoms with Crippen molar-refractivity contribution in [3.8, 4) is 0 Å². The summed E-state index contributed by atoms with van der Waals surface area (Å²) in [4.78, 5) is 12.7. The van der Waals surface area contributed by atoms with Crippen LogP contribution in [0.4, 0.5) is 0 Å². The van der Waals surface area contributed by atoms with Gasteiger partial charge in [0.25, 0.3) is 0 Å². The van der Waals surface area contributed by atoms with Crippen LogP contribution in [0.5, 0.6) is 0 Å². The van der Waals surface area contributed by atoms with Gasteiger partial charge in [-0.05, 0) is 51.7 Å². The maximum atomic E-state index is 12.7. The van der Waals surface area contributed by atoms with Crippen molar-refractivity contribution in [2.45, 2.75) is 56.5 Å². The molecule has 19 heavy (non-hydrogen) atoms. The smallest absolute Gasteiger partial charge is 0.166 e. The predicted molar refractivity (Wildman–Crippen MR) is 82.0 cm³/mol. The molecule has 2 heteroatoms. The Morgan fingerprint density at radius 1 is 1.05 bits per heavy atom. The number of carbonyl (C=O) groups is 1. The molecule has 0 amide bonds. The molecule has 0 saturated carbocycles. The van der Waals surface area contributed by atoms with E-state index in [1.54, 1.807) is 0 Å². The summed E-state index contributed by atoms with van der Waals surface area (Å²) in [5.41, 5.74) is 3.34. The summed E-state index contributed by atoms with van der Waals surface area (Å²) < 4.78 is 0. The second kappa shape index (κ2) is 5.32. The third-order valence-corrected chi connectivity index (χ3v) is 6.04. The second-order valence-corrected chi connectivity index (χ2v) is 7.83. The Bertz CT molecular complexity index is 462. The normalized spacial score (nSPS) is 30.1. The van der Waals surface area contributed by atoms with E-state index in [-0.39, 0.29) is 5.92 Å². The highest BCUT2D eigenvalue weighted by atomic mass is 32.2. The lowest BCUT2D eigenvalue weighted by molar-refractivity contribution is 0.0896. The van der Waals surface area contributed by atoms with Gasteiger partial charge in [0.15, 0.2) is 5.78 Å². The van der Waals surface area contributed by atoms with Gasteiger partial charge in [0, 0.05) is 22.0 Å². The number of hydrogen-bond acceptors (Lipinski definition) is 2. The quantitative estimate of drug-likeness (QED) is 0.736. The van der Waals surface area contributed by atoms with E-state index in [1.165, 1.54) is 30.4 Å². The summed E-state index contributed by atoms with van der Waals surface area (Å²) in [6.07, 6.45) is 6.21. The zero-order chi connectivity index (χ0) is 13.4. The highest BCUT2D eigenvalue weighted by molar-refractivity contribution is 8.00. The van der Waals surface area contributed by atoms with Crippen molar-refractivity contribution in [1.29, 1.82) is 0 Å². The number of carbonyl (C=O) groups excluding carboxylic acids is 1. The molecule has 1 nitrogen and oxygen atoms in total. The highest BCUT2D eigenvalue weighted by Crippen LogP contribution is 2.44. The van der Waals surface area contributed by atoms with Crippen LogP contribution in [0.3, 0.4) is 0 Å². The molecular weight excluding hydrogens is 252 g/mol. The van der Waals surface area contributed by atoms with Gasteiger partial charge in [0.1, 0.15) is 0 Å². The van der Waals surface area contributed by atoms with Gasteiger partial charge in [0.05, 0.1) is 0 Å². The highest BCUT2D eigenvalue weighted by Gasteiger charge is 2.35. The number of rotatable bonds is 2. The number of benzene rings is 1. The topological polar surface area (TPSA) is 17.1 Å². The largest absolute Gasteiger partial charge is 0.294 e. The van der Waals surface area contributed by atoms with Gasteiger partial charge in [-0.3, -0.25) is 4.79 Å². The monoisotopic (exact) mass is 274 g/mol. The van der Waals surface area contributed by atoms with Crippen molar-refractivity contribution in [2.24, 2.45) is 5.92 Å². The summed E-state index contributed by atoms with van der Waals surface area (Å²) in [6.45, 7) is 4.16. The zero-order valence-electron chi connectivity index (χ0n) is 11.8. The SMILES string of the molecule is Cc1cc(C)cc(C(=O)C2CC3CCCC(C2)S3)c1. The third-order valence-electron chi connectivity index (χ3n) is 4.41. The Morgan fingerprint density at radius 2 is 1.63 bits per heavy atom. The van der Waals surface area contributed by atoms with Gasteiger partial charge in [0.2, 0.25) is 0 Å². The van der Waals surface area contributed by atoms with E-state index in [9.17, 15) is 4.79 Å². The molecule has 1 aromatic carbocycles. The van der Waals surface area contributed by atoms with Crippen LogP contribution in [0.25, 0.3) is 0 Å². The van der Waals surface area contributed by atoms with Gasteiger partial charge in [-0.1, -0.05) is 23.6 Å². The molecule has 102 valence electrons. The van der Waals surface area contributed by atoms with E-state index in [1.807, 2.05) is 0 Å². The fourth-order valence-electron chi connectivity index (χ4n) is 3.63. The lowest BCUT2D eigenvalue weighted by Crippen LogP contribution is -2.32. The summed E-state index contributed by atoms with van der Waals surface area (Å²) >= 11 is 2.14. The molecule has 2 atom stereocenters. The molecule has 2 aliphatic rings. The molecule has 0 radical (unpaired) electrons. The zero-order valence-corrected chi connectivity index (χ0v) is 12.6. The lowest BCUT2D eigenvalue weighted by Gasteiger charge is -2.38. The van der Waals surface area contributed by atoms with Crippen LogP contribution in [0.15, 0.2) is 18.2 Å². The molecule has 0 spiro atoms. The van der Waals surface area contributed by atoms with Gasteiger partial charge >= 0.3 is 0 Å². The molecule has 2 unspecified atom stereocenters. The molecule has 2 bridgehead atoms. The standard InChI is InChI=1S/C17H22OS/c1-11-6-12(2)8-13(7-11)17(18)14-9-15-4-3-5-16(10-14)19-15/h6-8,14-16H,3-5,9-10H2,1-2H3. The van der Waals surface area contributed by atoms with Crippen LogP contribution in [-0.4, -0.2) is 16.3 Å². The minimum Gasteiger partial charge on any atom is -0.294 e. The Labute approximate surface area is 120 Å². The molecule has 2 heterocycles. The minimum absolute atomic E-state index is 0.276. The molecule has 0 N–H and O–H groups in total. The Kier molecular flexibility index (Phi) is 3.70. The number of ketones is 1. The van der Waals surface area contributed by atoms with Crippen LogP contribution in [0.1, 0.15) is 53.6 Å². The Balaban J connectivity index is 1.79. The Morgan fingerprint density at radius 3 is 2.21 bits per heavy atom. The van der Waals surface area contributed by atoms with E-state index in [0.29, 0.717) is 5.78 Å². The van der Waals surface area contributed by atoms with Gasteiger partial charge < -0.3 is 0 Å². The van der Waals surface area contributed by atoms with Crippen molar-refractivity contribution in [3.05, 3.63) is 34.9 Å². The van der Waals surface area contributed by atoms with E-state index < -0.39 is 0 Å². The van der Waals surface area contributed by atoms with Crippen molar-refractivity contribution in [3.63, 3.8) is 0 Å². The average Bonchev–Trinajstić information content (AvgIpc) is 2.36. The third kappa shape index (κ3) is 2.89. The first-order chi connectivity index (χ1) is 9.11. The van der Waals surface area contributed by atoms with Crippen LogP contribution in [0.2, 0.25) is 0 Å². The first kappa shape index (κ1) is 13.2. The van der Waals surface area contributed by atoms with Crippen molar-refractivity contribution in [2.75, 3.05) is 0 Å². The van der Waals surface area contributed by atoms with Crippen LogP contribution >= 0.6 is 11.8 Å². The first-order valence-electron chi connectivity index (χ1n) is 7.40. The average molecular weight is 274 g/mol. The van der Waals surface area contributed by atoms with Crippen LogP contribution in [-0.2, 0) is 0 Å². The van der Waals surface area contributed by atoms with Crippen LogP contribution in [0, 0.1) is 19.8 Å². The van der Waals surface area contributed by atoms with E-state index in [0.717, 1.165) is 28.9 Å². The van der Waals surface area contributed by atoms with Gasteiger partial charge in [-0.15, -0.1) is 0 Å². The number of aryl methyl sites for hydroxylation is 2. The molecule has 3 rings (SSSR count). The number of fused-ring (bicyclic) bond motifs is 2. The molecule has 2 fully saturated rings. The summed E-state index contributed by atoms with van der Waals surface area (Å²) in [5, 5.41) is 1.49. The number of Topliss-reactive ketones (excluding diaryl/α,β-unsaturated/α-hetero) is 1. The molecule has 2 saturated heterocycles. The molecule has 1 aromatic rings. The van der Waals surface area contributed by atoms with Gasteiger partial charge in [-0.25, -0.2) is 0 Å². The summed E-state index contributed by atoms with van der Waals surface area (Å²) in [7, 11) is 0. The fraction of sp³-hybridized carbons (Fsp3) is 0.588. The first-order valence-corrected chi connectivity index (χ1v) is 8.34. The van der Waals surface area contributed by atoms with Crippen LogP contribution < -0.4 is 0 Å². The van der Waals surface area contributed by atoms with E-state index >= 15 is 0 Å². The van der Waals surface area contributed by atoms with Crippen molar-refractivity contribution >= 4 is 17.5 Å². The van der Waals surface area contributed by atoms with E-state index in [2.05, 4.69) is 43.8 Å². The predicted octanol–water partition coefficient (Wildman–Crippen LogP) is 4.55. The maximum absolute atomic E-state index is 12.7. The van der Waals surface area contributed by atoms with E-state index in [4.69, 9.17) is 0 Å². The van der Waals surface area contributed by atoms with Crippen molar-refractivity contribution in [1.82, 2.24) is 0 Å². The lowest BCUT2D eigenvalue weighted by atomic mass is 9.84. The Hall–Kier alpha value is -0.760. The second-order valence-electron chi connectivity index (χ2n) is 6.22. The fourth-order valence-corrected chi connectivity index (χ4v) is 5.46. The molecule has 0 aliphatic carbocycles. The molecular formula is C17H22OS.